The van der Waals surface area contributed by atoms with Crippen molar-refractivity contribution in [2.45, 2.75) is 45.0 Å². The lowest BCUT2D eigenvalue weighted by molar-refractivity contribution is -0.0920. The molecule has 22 heavy (non-hydrogen) atoms. The van der Waals surface area contributed by atoms with Crippen LogP contribution in [0, 0.1) is 0 Å². The molecule has 0 bridgehead atoms. The third-order valence-electron chi connectivity index (χ3n) is 4.38. The summed E-state index contributed by atoms with van der Waals surface area (Å²) in [6.07, 6.45) is -0.373. The highest BCUT2D eigenvalue weighted by atomic mass is 16.5. The van der Waals surface area contributed by atoms with Crippen LogP contribution >= 0.6 is 0 Å². The molecule has 0 fully saturated rings. The van der Waals surface area contributed by atoms with Crippen LogP contribution in [-0.2, 0) is 4.65 Å². The number of anilines is 1. The van der Waals surface area contributed by atoms with Crippen molar-refractivity contribution < 1.29 is 14.5 Å². The number of benzene rings is 2. The van der Waals surface area contributed by atoms with Gasteiger partial charge in [-0.2, -0.15) is 0 Å². The summed E-state index contributed by atoms with van der Waals surface area (Å²) in [5, 5.41) is 15.6. The van der Waals surface area contributed by atoms with Crippen molar-refractivity contribution in [3.63, 3.8) is 0 Å². The van der Waals surface area contributed by atoms with E-state index in [-0.39, 0.29) is 6.13 Å². The third-order valence-corrected chi connectivity index (χ3v) is 4.38. The summed E-state index contributed by atoms with van der Waals surface area (Å²) in [5.41, 5.74) is -0.721. The van der Waals surface area contributed by atoms with E-state index in [1.807, 2.05) is 38.1 Å². The molecule has 5 heteroatoms. The predicted molar refractivity (Wildman–Crippen MR) is 89.2 cm³/mol. The number of fused-ring (bicyclic) bond motifs is 3. The molecule has 1 heterocycles. The molecule has 2 aromatic carbocycles. The van der Waals surface area contributed by atoms with E-state index in [1.165, 1.54) is 0 Å². The molecular formula is C17H21BNO3. The fourth-order valence-electron chi connectivity index (χ4n) is 2.23. The highest BCUT2D eigenvalue weighted by Crippen LogP contribution is 2.38. The fraction of sp³-hybridized carbons (Fsp3) is 0.412. The van der Waals surface area contributed by atoms with Crippen LogP contribution in [0.2, 0.25) is 0 Å². The Labute approximate surface area is 131 Å². The molecule has 0 saturated heterocycles. The lowest BCUT2D eigenvalue weighted by Crippen LogP contribution is -2.50. The van der Waals surface area contributed by atoms with Crippen molar-refractivity contribution in [1.82, 2.24) is 0 Å². The topological polar surface area (TPSA) is 50.7 Å². The lowest BCUT2D eigenvalue weighted by atomic mass is 9.86. The Morgan fingerprint density at radius 2 is 1.86 bits per heavy atom. The summed E-state index contributed by atoms with van der Waals surface area (Å²) >= 11 is 0. The quantitative estimate of drug-likeness (QED) is 0.852. The normalized spacial score (nSPS) is 17.8. The number of hydrogen-bond acceptors (Lipinski definition) is 4. The summed E-state index contributed by atoms with van der Waals surface area (Å²) in [4.78, 5) is 0. The first kappa shape index (κ1) is 15.2. The molecule has 1 aliphatic rings. The number of nitrogens with one attached hydrogen (secondary N) is 1. The second-order valence-corrected chi connectivity index (χ2v) is 6.67. The van der Waals surface area contributed by atoms with E-state index in [1.54, 1.807) is 21.3 Å². The monoisotopic (exact) mass is 298 g/mol. The molecule has 1 aliphatic heterocycles. The van der Waals surface area contributed by atoms with Crippen molar-refractivity contribution >= 4 is 23.9 Å². The van der Waals surface area contributed by atoms with Gasteiger partial charge in [-0.15, -0.1) is 0 Å². The number of ether oxygens (including phenoxy) is 1. The van der Waals surface area contributed by atoms with Crippen LogP contribution in [0.15, 0.2) is 36.4 Å². The van der Waals surface area contributed by atoms with Crippen LogP contribution in [-0.4, -0.2) is 29.9 Å². The Morgan fingerprint density at radius 3 is 2.59 bits per heavy atom. The Balaban J connectivity index is 1.74. The van der Waals surface area contributed by atoms with Gasteiger partial charge >= 0.3 is 7.48 Å². The smallest absolute Gasteiger partial charge is 0.369 e. The van der Waals surface area contributed by atoms with E-state index in [0.717, 1.165) is 22.2 Å². The van der Waals surface area contributed by atoms with Gasteiger partial charge in [0.15, 0.2) is 11.9 Å². The van der Waals surface area contributed by atoms with E-state index < -0.39 is 11.2 Å². The molecule has 1 atom stereocenters. The Kier molecular flexibility index (Phi) is 3.58. The highest BCUT2D eigenvalue weighted by molar-refractivity contribution is 6.30. The van der Waals surface area contributed by atoms with E-state index in [0.29, 0.717) is 0 Å². The van der Waals surface area contributed by atoms with Gasteiger partial charge in [0.1, 0.15) is 0 Å². The average molecular weight is 298 g/mol. The zero-order chi connectivity index (χ0) is 16.0. The SMILES string of the molecule is CC(C)(O)C(C)(C)O[B]C1Nc2ccc3ccccc3c2O1. The highest BCUT2D eigenvalue weighted by Gasteiger charge is 2.37. The van der Waals surface area contributed by atoms with Gasteiger partial charge in [0.25, 0.3) is 0 Å². The van der Waals surface area contributed by atoms with Crippen molar-refractivity contribution in [2.75, 3.05) is 5.32 Å². The first-order valence-corrected chi connectivity index (χ1v) is 7.46. The van der Waals surface area contributed by atoms with Crippen molar-refractivity contribution in [3.8, 4) is 5.75 Å². The largest absolute Gasteiger partial charge is 0.473 e. The van der Waals surface area contributed by atoms with E-state index in [9.17, 15) is 5.11 Å². The molecule has 1 unspecified atom stereocenters. The molecule has 2 N–H and O–H groups in total. The molecule has 0 spiro atoms. The Bertz CT molecular complexity index is 694. The average Bonchev–Trinajstić information content (AvgIpc) is 2.87. The van der Waals surface area contributed by atoms with Gasteiger partial charge in [-0.1, -0.05) is 30.3 Å². The molecular weight excluding hydrogens is 277 g/mol. The first-order valence-electron chi connectivity index (χ1n) is 7.46. The van der Waals surface area contributed by atoms with Gasteiger partial charge in [-0.05, 0) is 39.1 Å². The summed E-state index contributed by atoms with van der Waals surface area (Å²) in [6, 6.07) is 12.2. The number of aliphatic hydroxyl groups is 1. The molecule has 2 aromatic rings. The molecule has 0 aliphatic carbocycles. The summed E-state index contributed by atoms with van der Waals surface area (Å²) in [5.74, 6) is 0.837. The third kappa shape index (κ3) is 2.66. The molecule has 1 radical (unpaired) electrons. The minimum atomic E-state index is -0.957. The summed E-state index contributed by atoms with van der Waals surface area (Å²) in [6.45, 7) is 7.15. The van der Waals surface area contributed by atoms with Gasteiger partial charge in [0.2, 0.25) is 0 Å². The maximum absolute atomic E-state index is 10.1. The van der Waals surface area contributed by atoms with Crippen LogP contribution in [0.5, 0.6) is 5.75 Å². The maximum atomic E-state index is 10.1. The van der Waals surface area contributed by atoms with Crippen LogP contribution in [0.25, 0.3) is 10.8 Å². The number of rotatable bonds is 4. The summed E-state index contributed by atoms with van der Waals surface area (Å²) in [7, 11) is 1.60. The second-order valence-electron chi connectivity index (χ2n) is 6.67. The standard InChI is InChI=1S/C17H21BNO3/c1-16(2,20)17(3,4)22-18-15-19-13-10-9-11-7-5-6-8-12(11)14(13)21-15/h5-10,15,19-20H,1-4H3. The van der Waals surface area contributed by atoms with Gasteiger partial charge in [-0.25, -0.2) is 0 Å². The molecule has 3 rings (SSSR count). The minimum Gasteiger partial charge on any atom is -0.473 e. The van der Waals surface area contributed by atoms with Crippen LogP contribution in [0.1, 0.15) is 27.7 Å². The van der Waals surface area contributed by atoms with Crippen LogP contribution < -0.4 is 10.1 Å². The van der Waals surface area contributed by atoms with Crippen LogP contribution in [0.3, 0.4) is 0 Å². The Morgan fingerprint density at radius 1 is 1.14 bits per heavy atom. The Hall–Kier alpha value is -1.72. The molecule has 115 valence electrons. The van der Waals surface area contributed by atoms with Gasteiger partial charge in [0, 0.05) is 5.39 Å². The molecule has 0 aromatic heterocycles. The van der Waals surface area contributed by atoms with Crippen molar-refractivity contribution in [3.05, 3.63) is 36.4 Å². The second kappa shape index (κ2) is 5.18. The molecule has 0 amide bonds. The van der Waals surface area contributed by atoms with Gasteiger partial charge in [-0.3, -0.25) is 0 Å². The number of hydrogen-bond donors (Lipinski definition) is 2. The van der Waals surface area contributed by atoms with E-state index >= 15 is 0 Å². The van der Waals surface area contributed by atoms with Crippen LogP contribution in [0.4, 0.5) is 5.69 Å². The van der Waals surface area contributed by atoms with Crippen molar-refractivity contribution in [2.24, 2.45) is 0 Å². The first-order chi connectivity index (χ1) is 10.3. The zero-order valence-electron chi connectivity index (χ0n) is 13.4. The minimum absolute atomic E-state index is 0.373. The van der Waals surface area contributed by atoms with Gasteiger partial charge in [0.05, 0.1) is 16.9 Å². The molecule has 0 saturated carbocycles. The zero-order valence-corrected chi connectivity index (χ0v) is 13.4. The van der Waals surface area contributed by atoms with E-state index in [4.69, 9.17) is 9.39 Å². The predicted octanol–water partition coefficient (Wildman–Crippen LogP) is 3.11. The van der Waals surface area contributed by atoms with E-state index in [2.05, 4.69) is 17.4 Å². The van der Waals surface area contributed by atoms with Gasteiger partial charge < -0.3 is 19.8 Å². The fourth-order valence-corrected chi connectivity index (χ4v) is 2.23. The summed E-state index contributed by atoms with van der Waals surface area (Å²) < 4.78 is 11.7. The lowest BCUT2D eigenvalue weighted by Gasteiger charge is -2.38. The molecule has 4 nitrogen and oxygen atoms in total. The maximum Gasteiger partial charge on any atom is 0.369 e. The van der Waals surface area contributed by atoms with Crippen molar-refractivity contribution in [1.29, 1.82) is 0 Å².